The van der Waals surface area contributed by atoms with Gasteiger partial charge in [-0.25, -0.2) is 15.0 Å². The van der Waals surface area contributed by atoms with Crippen LogP contribution in [0.25, 0.3) is 11.0 Å². The molecule has 0 spiro atoms. The predicted octanol–water partition coefficient (Wildman–Crippen LogP) is 8.34. The van der Waals surface area contributed by atoms with Gasteiger partial charge in [0.1, 0.15) is 58.5 Å². The van der Waals surface area contributed by atoms with E-state index in [2.05, 4.69) is 73.4 Å². The molecule has 9 aromatic rings. The third-order valence-electron chi connectivity index (χ3n) is 14.6. The molecule has 0 radical (unpaired) electrons. The number of carbonyl (C=O) groups is 2. The molecule has 0 aliphatic carbocycles. The number of methoxy groups -OCH3 is 3. The Hall–Kier alpha value is -9.27. The quantitative estimate of drug-likeness (QED) is 0.0397. The Balaban J connectivity index is 0.763. The van der Waals surface area contributed by atoms with Crippen molar-refractivity contribution >= 4 is 28.7 Å². The zero-order valence-electron chi connectivity index (χ0n) is 44.7. The minimum absolute atomic E-state index is 0.00681. The lowest BCUT2D eigenvalue weighted by Gasteiger charge is -2.37. The van der Waals surface area contributed by atoms with E-state index >= 15 is 0 Å². The Morgan fingerprint density at radius 1 is 0.675 bits per heavy atom. The van der Waals surface area contributed by atoms with Crippen LogP contribution < -0.4 is 30.6 Å². The highest BCUT2D eigenvalue weighted by molar-refractivity contribution is 5.92. The van der Waals surface area contributed by atoms with Gasteiger partial charge in [-0.1, -0.05) is 139 Å². The summed E-state index contributed by atoms with van der Waals surface area (Å²) < 4.78 is 34.1. The molecular weight excluding hydrogens is 1010 g/mol. The van der Waals surface area contributed by atoms with E-state index < -0.39 is 29.6 Å². The van der Waals surface area contributed by atoms with Crippen LogP contribution in [-0.4, -0.2) is 94.2 Å². The van der Waals surface area contributed by atoms with Crippen molar-refractivity contribution in [2.24, 2.45) is 0 Å². The topological polar surface area (TPSA) is 199 Å². The van der Waals surface area contributed by atoms with Crippen LogP contribution in [0.2, 0.25) is 0 Å². The van der Waals surface area contributed by atoms with Crippen molar-refractivity contribution in [1.29, 1.82) is 0 Å². The molecule has 1 saturated heterocycles. The van der Waals surface area contributed by atoms with Crippen molar-refractivity contribution in [1.82, 2.24) is 34.7 Å². The average Bonchev–Trinajstić information content (AvgIpc) is 4.38. The molecule has 0 bridgehead atoms. The molecule has 80 heavy (non-hydrogen) atoms. The first-order valence-electron chi connectivity index (χ1n) is 26.4. The van der Waals surface area contributed by atoms with E-state index in [1.165, 1.54) is 6.33 Å². The number of aromatic nitrogens is 5. The molecule has 1 aliphatic heterocycles. The van der Waals surface area contributed by atoms with Gasteiger partial charge in [0.05, 0.1) is 63.6 Å². The van der Waals surface area contributed by atoms with E-state index in [4.69, 9.17) is 34.4 Å². The van der Waals surface area contributed by atoms with Gasteiger partial charge >= 0.3 is 0 Å². The predicted molar refractivity (Wildman–Crippen MR) is 304 cm³/mol. The van der Waals surface area contributed by atoms with Crippen LogP contribution in [-0.2, 0) is 36.6 Å². The molecule has 10 rings (SSSR count). The molecule has 5 N–H and O–H groups in total. The Kier molecular flexibility index (Phi) is 16.6. The monoisotopic (exact) mass is 1070 g/mol. The summed E-state index contributed by atoms with van der Waals surface area (Å²) in [6, 6.07) is 54.1. The molecule has 4 heterocycles. The molecule has 16 heteroatoms. The molecule has 16 nitrogen and oxygen atoms in total. The van der Waals surface area contributed by atoms with Crippen molar-refractivity contribution in [2.45, 2.75) is 55.3 Å². The summed E-state index contributed by atoms with van der Waals surface area (Å²) in [4.78, 5) is 39.6. The number of rotatable bonds is 21. The second kappa shape index (κ2) is 24.6. The maximum absolute atomic E-state index is 13.0. The molecule has 2 amide bonds. The summed E-state index contributed by atoms with van der Waals surface area (Å²) in [6.07, 6.45) is 5.35. The van der Waals surface area contributed by atoms with Crippen LogP contribution in [0.4, 0.5) is 5.82 Å². The number of imidazole rings is 1. The minimum Gasteiger partial charge on any atom is -0.497 e. The number of anilines is 1. The van der Waals surface area contributed by atoms with Crippen LogP contribution in [0.5, 0.6) is 17.2 Å². The summed E-state index contributed by atoms with van der Waals surface area (Å²) in [7, 11) is 4.90. The maximum atomic E-state index is 13.0. The summed E-state index contributed by atoms with van der Waals surface area (Å²) in [5, 5.41) is 17.9. The third-order valence-corrected chi connectivity index (χ3v) is 14.6. The van der Waals surface area contributed by atoms with Crippen molar-refractivity contribution in [2.75, 3.05) is 46.8 Å². The lowest BCUT2D eigenvalue weighted by molar-refractivity contribution is -0.126. The number of nitrogens with two attached hydrogens (primary N) is 1. The molecule has 0 unspecified atom stereocenters. The van der Waals surface area contributed by atoms with E-state index in [-0.39, 0.29) is 50.0 Å². The first-order chi connectivity index (χ1) is 39.1. The van der Waals surface area contributed by atoms with Gasteiger partial charge in [0, 0.05) is 44.6 Å². The van der Waals surface area contributed by atoms with Gasteiger partial charge in [0.25, 0.3) is 0 Å². The summed E-state index contributed by atoms with van der Waals surface area (Å²) >= 11 is 0. The Morgan fingerprint density at radius 3 is 1.75 bits per heavy atom. The molecule has 3 atom stereocenters. The number of nitrogen functional groups attached to an aromatic ring is 1. The lowest BCUT2D eigenvalue weighted by atomic mass is 9.76. The van der Waals surface area contributed by atoms with Gasteiger partial charge in [-0.15, -0.1) is 0 Å². The van der Waals surface area contributed by atoms with Crippen LogP contribution in [0, 0.1) is 11.8 Å². The first-order valence-corrected chi connectivity index (χ1v) is 26.4. The SMILES string of the molecule is COc1ccc(C(OC[C@H]2O[C@@H](n3cc(C#CCNC(=O)CCC(=O)NCCc4cn(C(c5ccccc5)(c5ccccc5)c5ccc(OC)cc5)cn4)c4c(N)ncnc43)C[C@@H]2O)(c2ccccc2)c2ccc(OC)cc2)cc1. The van der Waals surface area contributed by atoms with Gasteiger partial charge in [-0.05, 0) is 69.8 Å². The normalized spacial score (nSPS) is 15.2. The van der Waals surface area contributed by atoms with Crippen LogP contribution in [0.1, 0.15) is 70.1 Å². The minimum atomic E-state index is -1.12. The van der Waals surface area contributed by atoms with Gasteiger partial charge in [0.15, 0.2) is 0 Å². The standard InChI is InChI=1S/C64H62N8O8/c1-76-52-27-21-47(22-28-52)63(45-15-7-4-8-16-45,46-17-9-5-10-18-46)71-40-51(70-43-71)35-37-67-58(75)34-33-57(74)66-36-13-14-44-39-72(62-60(44)61(65)68-42-69-62)59-38-55(73)56(80-59)41-79-64(48-19-11-6-12-20-48,49-23-29-53(77-2)30-24-49)50-25-31-54(78-3)32-26-50/h4-12,15-32,39-40,42-43,55-56,59,73H,33-38,41H2,1-3H3,(H,66,74)(H,67,75)(H2,65,68,69)/t55-,56+,59+/m0/s1. The molecule has 406 valence electrons. The lowest BCUT2D eigenvalue weighted by Crippen LogP contribution is -2.38. The molecular formula is C64H62N8O8. The van der Waals surface area contributed by atoms with Gasteiger partial charge in [-0.2, -0.15) is 0 Å². The van der Waals surface area contributed by atoms with Crippen LogP contribution in [0.15, 0.2) is 189 Å². The molecule has 0 saturated carbocycles. The Labute approximate surface area is 464 Å². The van der Waals surface area contributed by atoms with Crippen LogP contribution in [0.3, 0.4) is 0 Å². The second-order valence-electron chi connectivity index (χ2n) is 19.3. The number of hydrogen-bond acceptors (Lipinski definition) is 12. The number of carbonyl (C=O) groups excluding carboxylic acids is 2. The molecule has 3 aromatic heterocycles. The second-order valence-corrected chi connectivity index (χ2v) is 19.3. The van der Waals surface area contributed by atoms with E-state index in [0.717, 1.165) is 44.8 Å². The van der Waals surface area contributed by atoms with Crippen molar-refractivity contribution < 1.29 is 38.4 Å². The molecule has 1 aliphatic rings. The Bertz CT molecular complexity index is 3500. The largest absolute Gasteiger partial charge is 0.497 e. The van der Waals surface area contributed by atoms with Crippen LogP contribution >= 0.6 is 0 Å². The zero-order valence-corrected chi connectivity index (χ0v) is 44.7. The smallest absolute Gasteiger partial charge is 0.221 e. The number of aliphatic hydroxyl groups excluding tert-OH is 1. The zero-order chi connectivity index (χ0) is 55.5. The molecule has 1 fully saturated rings. The highest BCUT2D eigenvalue weighted by Crippen LogP contribution is 2.44. The average molecular weight is 1070 g/mol. The van der Waals surface area contributed by atoms with Crippen molar-refractivity contribution in [3.05, 3.63) is 233 Å². The fourth-order valence-corrected chi connectivity index (χ4v) is 10.6. The number of amides is 2. The number of ether oxygens (including phenoxy) is 5. The number of aliphatic hydroxyl groups is 1. The van der Waals surface area contributed by atoms with Gasteiger partial charge < -0.3 is 54.3 Å². The van der Waals surface area contributed by atoms with Crippen molar-refractivity contribution in [3.8, 4) is 29.1 Å². The summed E-state index contributed by atoms with van der Waals surface area (Å²) in [5.41, 5.74) is 12.0. The first kappa shape index (κ1) is 54.1. The van der Waals surface area contributed by atoms with E-state index in [9.17, 15) is 14.7 Å². The number of fused-ring (bicyclic) bond motifs is 1. The van der Waals surface area contributed by atoms with E-state index in [1.54, 1.807) is 32.1 Å². The number of nitrogens with one attached hydrogen (secondary N) is 2. The van der Waals surface area contributed by atoms with Gasteiger partial charge in [0.2, 0.25) is 11.8 Å². The highest BCUT2D eigenvalue weighted by atomic mass is 16.6. The Morgan fingerprint density at radius 2 is 1.19 bits per heavy atom. The van der Waals surface area contributed by atoms with E-state index in [1.807, 2.05) is 140 Å². The molecule has 6 aromatic carbocycles. The fraction of sp³-hybridized carbons (Fsp3) is 0.234. The number of nitrogens with zero attached hydrogens (tertiary/aromatic N) is 5. The van der Waals surface area contributed by atoms with E-state index in [0.29, 0.717) is 41.1 Å². The fourth-order valence-electron chi connectivity index (χ4n) is 10.6. The maximum Gasteiger partial charge on any atom is 0.221 e. The van der Waals surface area contributed by atoms with Crippen molar-refractivity contribution in [3.63, 3.8) is 0 Å². The summed E-state index contributed by atoms with van der Waals surface area (Å²) in [5.74, 6) is 7.92. The third kappa shape index (κ3) is 11.2. The number of benzene rings is 6. The van der Waals surface area contributed by atoms with Gasteiger partial charge in [-0.3, -0.25) is 9.59 Å². The highest BCUT2D eigenvalue weighted by Gasteiger charge is 2.43. The number of hydrogen-bond donors (Lipinski definition) is 4. The summed E-state index contributed by atoms with van der Waals surface area (Å²) in [6.45, 7) is 0.357.